The monoisotopic (exact) mass is 240 g/mol. The topological polar surface area (TPSA) is 43.4 Å². The van der Waals surface area contributed by atoms with E-state index in [1.165, 1.54) is 7.11 Å². The Balaban J connectivity index is 2.92. The van der Waals surface area contributed by atoms with Crippen molar-refractivity contribution in [3.8, 4) is 5.75 Å². The third kappa shape index (κ3) is 3.21. The van der Waals surface area contributed by atoms with Crippen LogP contribution in [-0.4, -0.2) is 18.8 Å². The average Bonchev–Trinajstić information content (AvgIpc) is 2.27. The summed E-state index contributed by atoms with van der Waals surface area (Å²) in [5.41, 5.74) is 0.144. The molecule has 0 heterocycles. The summed E-state index contributed by atoms with van der Waals surface area (Å²) in [6, 6.07) is 6.90. The van der Waals surface area contributed by atoms with E-state index in [0.717, 1.165) is 0 Å². The van der Waals surface area contributed by atoms with Crippen molar-refractivity contribution in [3.05, 3.63) is 29.8 Å². The Bertz CT molecular complexity index is 399. The third-order valence-electron chi connectivity index (χ3n) is 2.20. The fraction of sp³-hybridized carbons (Fsp3) is 0.417. The maximum Gasteiger partial charge on any atom is 0.222 e. The molecular formula is C12H17O3P. The molecule has 1 aromatic rings. The highest BCUT2D eigenvalue weighted by Gasteiger charge is 2.18. The van der Waals surface area contributed by atoms with Crippen molar-refractivity contribution < 1.29 is 14.1 Å². The van der Waals surface area contributed by atoms with E-state index in [1.807, 2.05) is 13.8 Å². The van der Waals surface area contributed by atoms with Crippen molar-refractivity contribution >= 4 is 13.3 Å². The molecule has 0 aliphatic carbocycles. The molecule has 0 aliphatic heterocycles. The number of ether oxygens (including phenoxy) is 1. The Morgan fingerprint density at radius 1 is 1.38 bits per heavy atom. The van der Waals surface area contributed by atoms with Crippen LogP contribution in [0.3, 0.4) is 0 Å². The Hall–Kier alpha value is -1.08. The summed E-state index contributed by atoms with van der Waals surface area (Å²) < 4.78 is 16.9. The van der Waals surface area contributed by atoms with Crippen LogP contribution in [0.1, 0.15) is 24.2 Å². The number of carbonyl (C=O) groups excluding carboxylic acids is 1. The van der Waals surface area contributed by atoms with Crippen LogP contribution in [-0.2, 0) is 4.57 Å². The van der Waals surface area contributed by atoms with Crippen LogP contribution >= 0.6 is 7.80 Å². The molecule has 0 aliphatic rings. The lowest BCUT2D eigenvalue weighted by atomic mass is 10.2. The van der Waals surface area contributed by atoms with Gasteiger partial charge in [-0.15, -0.1) is 0 Å². The predicted octanol–water partition coefficient (Wildman–Crippen LogP) is 3.05. The van der Waals surface area contributed by atoms with Gasteiger partial charge in [0.15, 0.2) is 0 Å². The molecule has 1 aromatic carbocycles. The summed E-state index contributed by atoms with van der Waals surface area (Å²) in [7, 11) is -0.714. The molecule has 0 N–H and O–H groups in total. The van der Waals surface area contributed by atoms with E-state index in [2.05, 4.69) is 0 Å². The van der Waals surface area contributed by atoms with Crippen LogP contribution in [0, 0.1) is 5.92 Å². The van der Waals surface area contributed by atoms with Crippen LogP contribution in [0.2, 0.25) is 0 Å². The van der Waals surface area contributed by atoms with Crippen molar-refractivity contribution in [3.63, 3.8) is 0 Å². The molecule has 0 fully saturated rings. The maximum absolute atomic E-state index is 11.9. The van der Waals surface area contributed by atoms with Gasteiger partial charge in [-0.3, -0.25) is 4.79 Å². The van der Waals surface area contributed by atoms with Gasteiger partial charge >= 0.3 is 0 Å². The summed E-state index contributed by atoms with van der Waals surface area (Å²) in [5.74, 6) is 0.764. The van der Waals surface area contributed by atoms with Gasteiger partial charge in [0, 0.05) is 6.16 Å². The highest BCUT2D eigenvalue weighted by atomic mass is 31.1. The summed E-state index contributed by atoms with van der Waals surface area (Å²) >= 11 is 0. The molecule has 16 heavy (non-hydrogen) atoms. The largest absolute Gasteiger partial charge is 0.496 e. The number of hydrogen-bond donors (Lipinski definition) is 0. The lowest BCUT2D eigenvalue weighted by Crippen LogP contribution is -2.01. The SMILES string of the molecule is COc1ccccc1C(=O)[PH](=O)CC(C)C. The van der Waals surface area contributed by atoms with E-state index in [-0.39, 0.29) is 11.4 Å². The summed E-state index contributed by atoms with van der Waals surface area (Å²) in [4.78, 5) is 11.9. The molecule has 4 heteroatoms. The van der Waals surface area contributed by atoms with Gasteiger partial charge in [0.25, 0.3) is 0 Å². The molecular weight excluding hydrogens is 223 g/mol. The molecule has 0 aromatic heterocycles. The zero-order valence-electron chi connectivity index (χ0n) is 9.82. The van der Waals surface area contributed by atoms with Crippen LogP contribution in [0.5, 0.6) is 5.75 Å². The Kier molecular flexibility index (Phi) is 4.75. The summed E-state index contributed by atoms with van der Waals surface area (Å²) in [5, 5.41) is 0. The van der Waals surface area contributed by atoms with Gasteiger partial charge in [-0.05, 0) is 18.1 Å². The Morgan fingerprint density at radius 2 is 2.00 bits per heavy atom. The highest BCUT2D eigenvalue weighted by molar-refractivity contribution is 7.64. The lowest BCUT2D eigenvalue weighted by Gasteiger charge is -2.08. The highest BCUT2D eigenvalue weighted by Crippen LogP contribution is 2.32. The molecule has 1 rings (SSSR count). The maximum atomic E-state index is 11.9. The number of benzene rings is 1. The molecule has 0 saturated carbocycles. The molecule has 0 saturated heterocycles. The van der Waals surface area contributed by atoms with E-state index >= 15 is 0 Å². The van der Waals surface area contributed by atoms with Gasteiger partial charge < -0.3 is 9.30 Å². The lowest BCUT2D eigenvalue weighted by molar-refractivity contribution is 0.107. The Labute approximate surface area is 96.6 Å². The smallest absolute Gasteiger partial charge is 0.222 e. The second kappa shape index (κ2) is 5.86. The second-order valence-electron chi connectivity index (χ2n) is 4.05. The van der Waals surface area contributed by atoms with Crippen LogP contribution < -0.4 is 4.74 Å². The van der Waals surface area contributed by atoms with Crippen molar-refractivity contribution in [1.29, 1.82) is 0 Å². The van der Waals surface area contributed by atoms with Gasteiger partial charge in [0.1, 0.15) is 13.6 Å². The molecule has 0 amide bonds. The first-order chi connectivity index (χ1) is 7.56. The summed E-state index contributed by atoms with van der Waals surface area (Å²) in [6.07, 6.45) is 0.460. The van der Waals surface area contributed by atoms with Crippen molar-refractivity contribution in [2.75, 3.05) is 13.3 Å². The first-order valence-corrected chi connectivity index (χ1v) is 6.88. The van der Waals surface area contributed by atoms with Crippen molar-refractivity contribution in [2.45, 2.75) is 13.8 Å². The standard InChI is InChI=1S/C12H17O3P/c1-9(2)8-16(14)12(13)10-6-4-5-7-11(10)15-3/h4-7,9,16H,8H2,1-3H3. The molecule has 0 radical (unpaired) electrons. The van der Waals surface area contributed by atoms with E-state index in [4.69, 9.17) is 4.74 Å². The van der Waals surface area contributed by atoms with E-state index < -0.39 is 7.80 Å². The van der Waals surface area contributed by atoms with Gasteiger partial charge in [-0.2, -0.15) is 0 Å². The minimum atomic E-state index is -2.22. The zero-order valence-corrected chi connectivity index (χ0v) is 10.8. The van der Waals surface area contributed by atoms with E-state index in [1.54, 1.807) is 24.3 Å². The summed E-state index contributed by atoms with van der Waals surface area (Å²) in [6.45, 7) is 3.91. The van der Waals surface area contributed by atoms with Crippen molar-refractivity contribution in [1.82, 2.24) is 0 Å². The van der Waals surface area contributed by atoms with Gasteiger partial charge in [-0.25, -0.2) is 0 Å². The second-order valence-corrected chi connectivity index (χ2v) is 5.76. The van der Waals surface area contributed by atoms with E-state index in [0.29, 0.717) is 17.5 Å². The molecule has 0 bridgehead atoms. The predicted molar refractivity (Wildman–Crippen MR) is 66.0 cm³/mol. The first-order valence-electron chi connectivity index (χ1n) is 5.26. The number of methoxy groups -OCH3 is 1. The first kappa shape index (κ1) is 13.0. The zero-order chi connectivity index (χ0) is 12.1. The van der Waals surface area contributed by atoms with Crippen LogP contribution in [0.4, 0.5) is 0 Å². The van der Waals surface area contributed by atoms with Gasteiger partial charge in [0.2, 0.25) is 5.52 Å². The fourth-order valence-electron chi connectivity index (χ4n) is 1.45. The molecule has 1 unspecified atom stereocenters. The Morgan fingerprint density at radius 3 is 2.56 bits per heavy atom. The van der Waals surface area contributed by atoms with E-state index in [9.17, 15) is 9.36 Å². The molecule has 88 valence electrons. The fourth-order valence-corrected chi connectivity index (χ4v) is 2.88. The van der Waals surface area contributed by atoms with Crippen LogP contribution in [0.15, 0.2) is 24.3 Å². The molecule has 3 nitrogen and oxygen atoms in total. The third-order valence-corrected chi connectivity index (χ3v) is 4.16. The number of hydrogen-bond acceptors (Lipinski definition) is 3. The molecule has 1 atom stereocenters. The normalized spacial score (nSPS) is 12.5. The quantitative estimate of drug-likeness (QED) is 0.743. The van der Waals surface area contributed by atoms with Crippen LogP contribution in [0.25, 0.3) is 0 Å². The van der Waals surface area contributed by atoms with Gasteiger partial charge in [0.05, 0.1) is 12.7 Å². The number of rotatable bonds is 5. The number of carbonyl (C=O) groups is 1. The minimum absolute atomic E-state index is 0.269. The van der Waals surface area contributed by atoms with Crippen molar-refractivity contribution in [2.24, 2.45) is 5.92 Å². The van der Waals surface area contributed by atoms with Gasteiger partial charge in [-0.1, -0.05) is 26.0 Å². The number of para-hydroxylation sites is 1. The molecule has 0 spiro atoms. The minimum Gasteiger partial charge on any atom is -0.496 e. The average molecular weight is 240 g/mol.